The number of aromatic nitrogens is 1. The molecule has 2 heterocycles. The van der Waals surface area contributed by atoms with E-state index in [0.29, 0.717) is 0 Å². The summed E-state index contributed by atoms with van der Waals surface area (Å²) in [7, 11) is -0.606. The van der Waals surface area contributed by atoms with E-state index in [2.05, 4.69) is 150 Å². The SMILES string of the molecule is CN1CN(c2cccc(Oc3cccc([Si](c4ccccc4)(c4ccccc4)c4ccccn4)c3)c2)c2ccccc21. The maximum absolute atomic E-state index is 6.60. The van der Waals surface area contributed by atoms with Crippen LogP contribution in [0.25, 0.3) is 0 Å². The molecule has 42 heavy (non-hydrogen) atoms. The molecule has 0 saturated carbocycles. The molecule has 0 amide bonds. The van der Waals surface area contributed by atoms with Crippen molar-refractivity contribution in [2.45, 2.75) is 0 Å². The van der Waals surface area contributed by atoms with Gasteiger partial charge in [-0.05, 0) is 64.1 Å². The summed E-state index contributed by atoms with van der Waals surface area (Å²) in [6.45, 7) is 0.796. The minimum absolute atomic E-state index is 0.796. The van der Waals surface area contributed by atoms with Crippen molar-refractivity contribution in [3.8, 4) is 11.5 Å². The Morgan fingerprint density at radius 3 is 1.86 bits per heavy atom. The molecule has 4 nitrogen and oxygen atoms in total. The Bertz CT molecular complexity index is 1720. The van der Waals surface area contributed by atoms with E-state index in [1.54, 1.807) is 0 Å². The lowest BCUT2D eigenvalue weighted by Crippen LogP contribution is -2.75. The summed E-state index contributed by atoms with van der Waals surface area (Å²) in [5, 5.41) is 4.89. The molecule has 0 saturated heterocycles. The Kier molecular flexibility index (Phi) is 6.78. The molecule has 0 spiro atoms. The van der Waals surface area contributed by atoms with Crippen molar-refractivity contribution in [1.82, 2.24) is 4.98 Å². The van der Waals surface area contributed by atoms with Crippen LogP contribution in [0.2, 0.25) is 0 Å². The number of para-hydroxylation sites is 2. The van der Waals surface area contributed by atoms with Crippen molar-refractivity contribution in [3.05, 3.63) is 158 Å². The third-order valence-corrected chi connectivity index (χ3v) is 12.7. The average Bonchev–Trinajstić information content (AvgIpc) is 3.40. The quantitative estimate of drug-likeness (QED) is 0.182. The highest BCUT2D eigenvalue weighted by Crippen LogP contribution is 2.40. The van der Waals surface area contributed by atoms with E-state index >= 15 is 0 Å². The highest BCUT2D eigenvalue weighted by atomic mass is 28.3. The van der Waals surface area contributed by atoms with Crippen LogP contribution in [0.1, 0.15) is 0 Å². The second-order valence-electron chi connectivity index (χ2n) is 10.6. The summed E-state index contributed by atoms with van der Waals surface area (Å²) in [6, 6.07) is 53.4. The van der Waals surface area contributed by atoms with Crippen molar-refractivity contribution >= 4 is 46.0 Å². The first-order valence-electron chi connectivity index (χ1n) is 14.2. The fraction of sp³-hybridized carbons (Fsp3) is 0.0541. The first-order chi connectivity index (χ1) is 20.7. The van der Waals surface area contributed by atoms with Crippen LogP contribution in [0.15, 0.2) is 158 Å². The third kappa shape index (κ3) is 4.54. The minimum Gasteiger partial charge on any atom is -0.457 e. The van der Waals surface area contributed by atoms with E-state index in [0.717, 1.165) is 29.2 Å². The van der Waals surface area contributed by atoms with Crippen molar-refractivity contribution < 1.29 is 4.74 Å². The highest BCUT2D eigenvalue weighted by molar-refractivity contribution is 7.19. The molecular weight excluding hydrogens is 531 g/mol. The van der Waals surface area contributed by atoms with Gasteiger partial charge in [-0.3, -0.25) is 4.98 Å². The van der Waals surface area contributed by atoms with Crippen molar-refractivity contribution in [2.24, 2.45) is 0 Å². The molecule has 0 radical (unpaired) electrons. The van der Waals surface area contributed by atoms with Gasteiger partial charge in [0.1, 0.15) is 11.5 Å². The molecule has 0 fully saturated rings. The Labute approximate surface area is 248 Å². The van der Waals surface area contributed by atoms with Crippen LogP contribution in [-0.2, 0) is 0 Å². The number of fused-ring (bicyclic) bond motifs is 1. The van der Waals surface area contributed by atoms with Crippen LogP contribution in [0, 0.1) is 0 Å². The Balaban J connectivity index is 1.31. The van der Waals surface area contributed by atoms with Gasteiger partial charge in [-0.25, -0.2) is 0 Å². The van der Waals surface area contributed by atoms with Gasteiger partial charge in [0.2, 0.25) is 8.07 Å². The predicted octanol–water partition coefficient (Wildman–Crippen LogP) is 5.80. The summed E-state index contributed by atoms with van der Waals surface area (Å²) in [4.78, 5) is 9.57. The van der Waals surface area contributed by atoms with E-state index < -0.39 is 8.07 Å². The molecule has 0 unspecified atom stereocenters. The molecule has 0 aliphatic carbocycles. The fourth-order valence-corrected chi connectivity index (χ4v) is 10.7. The highest BCUT2D eigenvalue weighted by Gasteiger charge is 2.43. The lowest BCUT2D eigenvalue weighted by Gasteiger charge is -2.33. The number of hydrogen-bond donors (Lipinski definition) is 0. The van der Waals surface area contributed by atoms with Gasteiger partial charge in [0.05, 0.1) is 18.0 Å². The number of hydrogen-bond acceptors (Lipinski definition) is 4. The predicted molar refractivity (Wildman–Crippen MR) is 176 cm³/mol. The minimum atomic E-state index is -2.73. The normalized spacial score (nSPS) is 12.7. The van der Waals surface area contributed by atoms with Gasteiger partial charge in [-0.1, -0.05) is 97.1 Å². The van der Waals surface area contributed by atoms with E-state index in [1.807, 2.05) is 24.4 Å². The molecular formula is C37H31N3OSi. The molecule has 1 aromatic heterocycles. The second-order valence-corrected chi connectivity index (χ2v) is 14.3. The van der Waals surface area contributed by atoms with Crippen LogP contribution in [0.5, 0.6) is 11.5 Å². The summed E-state index contributed by atoms with van der Waals surface area (Å²) in [5.41, 5.74) is 3.54. The Morgan fingerprint density at radius 2 is 1.17 bits per heavy atom. The number of pyridine rings is 1. The number of anilines is 3. The first-order valence-corrected chi connectivity index (χ1v) is 16.2. The summed E-state index contributed by atoms with van der Waals surface area (Å²) >= 11 is 0. The summed E-state index contributed by atoms with van der Waals surface area (Å²) in [6.07, 6.45) is 1.91. The van der Waals surface area contributed by atoms with Gasteiger partial charge in [0.25, 0.3) is 0 Å². The zero-order valence-corrected chi connectivity index (χ0v) is 24.5. The molecule has 204 valence electrons. The zero-order chi connectivity index (χ0) is 28.4. The zero-order valence-electron chi connectivity index (χ0n) is 23.5. The largest absolute Gasteiger partial charge is 0.457 e. The molecule has 0 bridgehead atoms. The summed E-state index contributed by atoms with van der Waals surface area (Å²) in [5.74, 6) is 1.62. The molecule has 5 aromatic carbocycles. The molecule has 1 aliphatic rings. The van der Waals surface area contributed by atoms with Gasteiger partial charge < -0.3 is 14.5 Å². The second kappa shape index (κ2) is 11.0. The Morgan fingerprint density at radius 1 is 0.571 bits per heavy atom. The molecule has 0 N–H and O–H groups in total. The fourth-order valence-electron chi connectivity index (χ4n) is 6.15. The number of rotatable bonds is 7. The van der Waals surface area contributed by atoms with E-state index in [4.69, 9.17) is 9.72 Å². The molecule has 6 aromatic rings. The average molecular weight is 562 g/mol. The van der Waals surface area contributed by atoms with Crippen LogP contribution < -0.4 is 35.4 Å². The van der Waals surface area contributed by atoms with Gasteiger partial charge in [-0.15, -0.1) is 0 Å². The van der Waals surface area contributed by atoms with Gasteiger partial charge >= 0.3 is 0 Å². The molecule has 0 atom stereocenters. The van der Waals surface area contributed by atoms with E-state index in [9.17, 15) is 0 Å². The number of nitrogens with zero attached hydrogens (tertiary/aromatic N) is 3. The van der Waals surface area contributed by atoms with Gasteiger partial charge in [0, 0.05) is 30.3 Å². The Hall–Kier alpha value is -5.13. The van der Waals surface area contributed by atoms with Crippen LogP contribution in [-0.4, -0.2) is 26.8 Å². The maximum Gasteiger partial charge on any atom is 0.201 e. The van der Waals surface area contributed by atoms with Crippen molar-refractivity contribution in [3.63, 3.8) is 0 Å². The number of ether oxygens (including phenoxy) is 1. The lowest BCUT2D eigenvalue weighted by atomic mass is 10.2. The topological polar surface area (TPSA) is 28.6 Å². The standard InChI is InChI=1S/C37H31N3OSi/c1-39-28-40(36-23-9-8-22-35(36)39)29-14-12-15-30(26-29)41-31-16-13-21-34(27-31)42(32-17-4-2-5-18-32,33-19-6-3-7-20-33)37-24-10-11-25-38-37/h2-27H,28H2,1H3. The molecule has 1 aliphatic heterocycles. The van der Waals surface area contributed by atoms with E-state index in [1.165, 1.54) is 26.9 Å². The lowest BCUT2D eigenvalue weighted by molar-refractivity contribution is 0.483. The van der Waals surface area contributed by atoms with Crippen LogP contribution in [0.4, 0.5) is 17.1 Å². The monoisotopic (exact) mass is 561 g/mol. The van der Waals surface area contributed by atoms with Gasteiger partial charge in [0.15, 0.2) is 0 Å². The first kappa shape index (κ1) is 25.8. The van der Waals surface area contributed by atoms with Crippen molar-refractivity contribution in [1.29, 1.82) is 0 Å². The third-order valence-electron chi connectivity index (χ3n) is 8.03. The maximum atomic E-state index is 6.60. The molecule has 5 heteroatoms. The van der Waals surface area contributed by atoms with E-state index in [-0.39, 0.29) is 0 Å². The van der Waals surface area contributed by atoms with Crippen LogP contribution in [0.3, 0.4) is 0 Å². The van der Waals surface area contributed by atoms with Crippen LogP contribution >= 0.6 is 0 Å². The number of benzene rings is 5. The smallest absolute Gasteiger partial charge is 0.201 e. The van der Waals surface area contributed by atoms with Gasteiger partial charge in [-0.2, -0.15) is 0 Å². The molecule has 7 rings (SSSR count). The summed E-state index contributed by atoms with van der Waals surface area (Å²) < 4.78 is 6.60. The van der Waals surface area contributed by atoms with Crippen molar-refractivity contribution in [2.75, 3.05) is 23.5 Å².